The Hall–Kier alpha value is -2.25. The second kappa shape index (κ2) is 6.10. The molecule has 0 aromatic carbocycles. The van der Waals surface area contributed by atoms with Gasteiger partial charge in [-0.2, -0.15) is 0 Å². The second-order valence-corrected chi connectivity index (χ2v) is 6.53. The number of carbonyl (C=O) groups is 1. The summed E-state index contributed by atoms with van der Waals surface area (Å²) in [5.41, 5.74) is 1.66. The average molecular weight is 328 g/mol. The summed E-state index contributed by atoms with van der Waals surface area (Å²) in [6.07, 6.45) is 8.10. The van der Waals surface area contributed by atoms with Gasteiger partial charge in [0.1, 0.15) is 5.69 Å². The average Bonchev–Trinajstić information content (AvgIpc) is 3.24. The number of amides is 1. The van der Waals surface area contributed by atoms with Crippen molar-refractivity contribution in [2.45, 2.75) is 12.5 Å². The van der Waals surface area contributed by atoms with E-state index >= 15 is 0 Å². The van der Waals surface area contributed by atoms with Crippen molar-refractivity contribution in [3.05, 3.63) is 53.6 Å². The Morgan fingerprint density at radius 3 is 3.09 bits per heavy atom. The third kappa shape index (κ3) is 2.97. The summed E-state index contributed by atoms with van der Waals surface area (Å²) < 4.78 is 7.43. The number of nitrogens with one attached hydrogen (secondary N) is 1. The molecule has 1 saturated heterocycles. The van der Waals surface area contributed by atoms with Crippen LogP contribution in [-0.2, 0) is 11.2 Å². The van der Waals surface area contributed by atoms with Crippen LogP contribution in [0.3, 0.4) is 0 Å². The number of rotatable bonds is 4. The summed E-state index contributed by atoms with van der Waals surface area (Å²) >= 11 is 1.51. The first-order chi connectivity index (χ1) is 11.3. The number of nitrogens with zero attached hydrogens (tertiary/aromatic N) is 3. The lowest BCUT2D eigenvalue weighted by Crippen LogP contribution is -2.40. The van der Waals surface area contributed by atoms with E-state index in [1.165, 1.54) is 16.9 Å². The molecule has 1 fully saturated rings. The standard InChI is InChI=1S/C16H16N4O2S/c21-15(13-8-20-5-6-23-16(20)19-13)18-14-10-22-9-12(14)7-11-1-3-17-4-2-11/h1-6,8,12,14H,7,9-10H2,(H,18,21)/t12-,14-/m1/s1. The van der Waals surface area contributed by atoms with Crippen LogP contribution in [0.15, 0.2) is 42.3 Å². The monoisotopic (exact) mass is 328 g/mol. The van der Waals surface area contributed by atoms with Crippen LogP contribution in [0, 0.1) is 5.92 Å². The van der Waals surface area contributed by atoms with Crippen LogP contribution in [-0.4, -0.2) is 39.5 Å². The van der Waals surface area contributed by atoms with Gasteiger partial charge in [-0.1, -0.05) is 0 Å². The number of hydrogen-bond acceptors (Lipinski definition) is 5. The predicted octanol–water partition coefficient (Wildman–Crippen LogP) is 1.78. The van der Waals surface area contributed by atoms with Crippen molar-refractivity contribution >= 4 is 22.2 Å². The van der Waals surface area contributed by atoms with Crippen molar-refractivity contribution in [3.63, 3.8) is 0 Å². The van der Waals surface area contributed by atoms with Gasteiger partial charge in [-0.05, 0) is 24.1 Å². The van der Waals surface area contributed by atoms with E-state index in [1.807, 2.05) is 28.1 Å². The Bertz CT molecular complexity index is 785. The molecule has 1 aliphatic heterocycles. The summed E-state index contributed by atoms with van der Waals surface area (Å²) in [6.45, 7) is 1.20. The Balaban J connectivity index is 1.44. The van der Waals surface area contributed by atoms with Gasteiger partial charge in [-0.3, -0.25) is 14.2 Å². The van der Waals surface area contributed by atoms with Crippen molar-refractivity contribution < 1.29 is 9.53 Å². The molecule has 7 heteroatoms. The minimum atomic E-state index is -0.142. The lowest BCUT2D eigenvalue weighted by Gasteiger charge is -2.18. The quantitative estimate of drug-likeness (QED) is 0.793. The van der Waals surface area contributed by atoms with Crippen molar-refractivity contribution in [1.29, 1.82) is 0 Å². The van der Waals surface area contributed by atoms with Crippen LogP contribution in [0.4, 0.5) is 0 Å². The highest BCUT2D eigenvalue weighted by Gasteiger charge is 2.30. The molecule has 0 unspecified atom stereocenters. The second-order valence-electron chi connectivity index (χ2n) is 5.66. The maximum atomic E-state index is 12.4. The van der Waals surface area contributed by atoms with E-state index in [-0.39, 0.29) is 17.9 Å². The van der Waals surface area contributed by atoms with Gasteiger partial charge in [0.05, 0.1) is 19.3 Å². The SMILES string of the molecule is O=C(N[C@@H]1COC[C@H]1Cc1ccncc1)c1cn2ccsc2n1. The van der Waals surface area contributed by atoms with E-state index < -0.39 is 0 Å². The van der Waals surface area contributed by atoms with Crippen LogP contribution in [0.5, 0.6) is 0 Å². The molecule has 3 aromatic heterocycles. The third-order valence-electron chi connectivity index (χ3n) is 4.09. The maximum absolute atomic E-state index is 12.4. The Labute approximate surface area is 137 Å². The molecule has 3 aromatic rings. The fourth-order valence-corrected chi connectivity index (χ4v) is 3.56. The van der Waals surface area contributed by atoms with E-state index in [0.29, 0.717) is 18.9 Å². The molecule has 0 bridgehead atoms. The van der Waals surface area contributed by atoms with Gasteiger partial charge in [0, 0.05) is 36.1 Å². The van der Waals surface area contributed by atoms with Gasteiger partial charge >= 0.3 is 0 Å². The first-order valence-corrected chi connectivity index (χ1v) is 8.37. The van der Waals surface area contributed by atoms with Crippen molar-refractivity contribution in [1.82, 2.24) is 19.7 Å². The number of carbonyl (C=O) groups excluding carboxylic acids is 1. The smallest absolute Gasteiger partial charge is 0.271 e. The molecule has 4 heterocycles. The highest BCUT2D eigenvalue weighted by atomic mass is 32.1. The van der Waals surface area contributed by atoms with Crippen molar-refractivity contribution in [2.24, 2.45) is 5.92 Å². The van der Waals surface area contributed by atoms with E-state index in [1.54, 1.807) is 18.6 Å². The maximum Gasteiger partial charge on any atom is 0.271 e. The molecule has 0 aliphatic carbocycles. The zero-order valence-corrected chi connectivity index (χ0v) is 13.2. The molecule has 0 spiro atoms. The first-order valence-electron chi connectivity index (χ1n) is 7.49. The molecule has 1 N–H and O–H groups in total. The fourth-order valence-electron chi connectivity index (χ4n) is 2.86. The number of pyridine rings is 1. The van der Waals surface area contributed by atoms with Gasteiger partial charge in [0.2, 0.25) is 0 Å². The first kappa shape index (κ1) is 14.3. The van der Waals surface area contributed by atoms with Crippen LogP contribution in [0.1, 0.15) is 16.1 Å². The lowest BCUT2D eigenvalue weighted by atomic mass is 9.95. The number of aromatic nitrogens is 3. The van der Waals surface area contributed by atoms with Gasteiger partial charge in [0.25, 0.3) is 5.91 Å². The largest absolute Gasteiger partial charge is 0.379 e. The highest BCUT2D eigenvalue weighted by Crippen LogP contribution is 2.19. The van der Waals surface area contributed by atoms with E-state index in [2.05, 4.69) is 15.3 Å². The molecular weight excluding hydrogens is 312 g/mol. The Morgan fingerprint density at radius 2 is 2.26 bits per heavy atom. The number of ether oxygens (including phenoxy) is 1. The molecule has 23 heavy (non-hydrogen) atoms. The summed E-state index contributed by atoms with van der Waals surface area (Å²) in [5.74, 6) is 0.126. The molecule has 4 rings (SSSR count). The van der Waals surface area contributed by atoms with Crippen LogP contribution in [0.25, 0.3) is 4.96 Å². The third-order valence-corrected chi connectivity index (χ3v) is 4.86. The van der Waals surface area contributed by atoms with Gasteiger partial charge in [-0.25, -0.2) is 4.98 Å². The van der Waals surface area contributed by atoms with Crippen LogP contribution >= 0.6 is 11.3 Å². The van der Waals surface area contributed by atoms with Crippen molar-refractivity contribution in [2.75, 3.05) is 13.2 Å². The molecular formula is C16H16N4O2S. The molecule has 0 saturated carbocycles. The molecule has 118 valence electrons. The van der Waals surface area contributed by atoms with E-state index in [9.17, 15) is 4.79 Å². The fraction of sp³-hybridized carbons (Fsp3) is 0.312. The summed E-state index contributed by atoms with van der Waals surface area (Å²) in [7, 11) is 0. The number of fused-ring (bicyclic) bond motifs is 1. The molecule has 2 atom stereocenters. The predicted molar refractivity (Wildman–Crippen MR) is 86.6 cm³/mol. The Morgan fingerprint density at radius 1 is 1.39 bits per heavy atom. The molecule has 0 radical (unpaired) electrons. The normalized spacial score (nSPS) is 20.9. The van der Waals surface area contributed by atoms with Gasteiger partial charge in [-0.15, -0.1) is 11.3 Å². The number of hydrogen-bond donors (Lipinski definition) is 1. The summed E-state index contributed by atoms with van der Waals surface area (Å²) in [5, 5.41) is 5.01. The van der Waals surface area contributed by atoms with Crippen LogP contribution < -0.4 is 5.32 Å². The highest BCUT2D eigenvalue weighted by molar-refractivity contribution is 7.15. The van der Waals surface area contributed by atoms with Gasteiger partial charge in [0.15, 0.2) is 4.96 Å². The topological polar surface area (TPSA) is 68.5 Å². The molecule has 1 aliphatic rings. The lowest BCUT2D eigenvalue weighted by molar-refractivity contribution is 0.0920. The molecule has 6 nitrogen and oxygen atoms in total. The van der Waals surface area contributed by atoms with Crippen molar-refractivity contribution in [3.8, 4) is 0 Å². The zero-order chi connectivity index (χ0) is 15.6. The minimum Gasteiger partial charge on any atom is -0.379 e. The summed E-state index contributed by atoms with van der Waals surface area (Å²) in [6, 6.07) is 4.01. The summed E-state index contributed by atoms with van der Waals surface area (Å²) in [4.78, 5) is 21.6. The van der Waals surface area contributed by atoms with E-state index in [0.717, 1.165) is 11.4 Å². The van der Waals surface area contributed by atoms with E-state index in [4.69, 9.17) is 4.74 Å². The van der Waals surface area contributed by atoms with Gasteiger partial charge < -0.3 is 10.1 Å². The number of thiazole rings is 1. The Kier molecular flexibility index (Phi) is 3.80. The minimum absolute atomic E-state index is 0.00963. The zero-order valence-electron chi connectivity index (χ0n) is 12.4. The van der Waals surface area contributed by atoms with Crippen LogP contribution in [0.2, 0.25) is 0 Å². The number of imidazole rings is 1. The molecule has 1 amide bonds.